The summed E-state index contributed by atoms with van der Waals surface area (Å²) in [5.74, 6) is 1.49. The maximum atomic E-state index is 11.9. The lowest BCUT2D eigenvalue weighted by atomic mass is 10.1. The van der Waals surface area contributed by atoms with Crippen molar-refractivity contribution in [3.63, 3.8) is 0 Å². The molecular weight excluding hydrogens is 436 g/mol. The van der Waals surface area contributed by atoms with Crippen molar-refractivity contribution in [3.05, 3.63) is 35.3 Å². The van der Waals surface area contributed by atoms with Crippen LogP contribution in [0.2, 0.25) is 0 Å². The van der Waals surface area contributed by atoms with Gasteiger partial charge in [-0.25, -0.2) is 22.7 Å². The Balaban J connectivity index is 1.66. The maximum Gasteiger partial charge on any atom is 0.211 e. The fourth-order valence-corrected chi connectivity index (χ4v) is 5.27. The number of morpholine rings is 1. The summed E-state index contributed by atoms with van der Waals surface area (Å²) in [5.41, 5.74) is 2.65. The van der Waals surface area contributed by atoms with E-state index in [0.29, 0.717) is 25.6 Å². The van der Waals surface area contributed by atoms with Crippen LogP contribution >= 0.6 is 11.3 Å². The SMILES string of the molecule is CN(Cc1cc2nc(-c3cccc4[nH]ncc34)nc(N3CCOCC3)c2s1)S(C)(=O)=O. The van der Waals surface area contributed by atoms with E-state index in [2.05, 4.69) is 15.1 Å². The van der Waals surface area contributed by atoms with E-state index in [1.807, 2.05) is 24.3 Å². The van der Waals surface area contributed by atoms with Crippen molar-refractivity contribution in [2.75, 3.05) is 44.5 Å². The predicted molar refractivity (Wildman–Crippen MR) is 122 cm³/mol. The first-order valence-electron chi connectivity index (χ1n) is 9.87. The van der Waals surface area contributed by atoms with Gasteiger partial charge in [0.15, 0.2) is 11.6 Å². The molecule has 0 bridgehead atoms. The lowest BCUT2D eigenvalue weighted by Gasteiger charge is -2.28. The summed E-state index contributed by atoms with van der Waals surface area (Å²) >= 11 is 1.54. The summed E-state index contributed by atoms with van der Waals surface area (Å²) in [5, 5.41) is 8.11. The van der Waals surface area contributed by atoms with Gasteiger partial charge in [0.1, 0.15) is 0 Å². The number of hydrogen-bond acceptors (Lipinski definition) is 8. The summed E-state index contributed by atoms with van der Waals surface area (Å²) in [6, 6.07) is 7.88. The molecule has 162 valence electrons. The average Bonchev–Trinajstić information content (AvgIpc) is 3.39. The topological polar surface area (TPSA) is 104 Å². The van der Waals surface area contributed by atoms with Gasteiger partial charge in [0.05, 0.1) is 41.4 Å². The number of sulfonamides is 1. The minimum Gasteiger partial charge on any atom is -0.378 e. The number of rotatable bonds is 5. The number of anilines is 1. The Morgan fingerprint density at radius 1 is 1.26 bits per heavy atom. The van der Waals surface area contributed by atoms with E-state index in [0.717, 1.165) is 50.5 Å². The molecule has 0 spiro atoms. The number of aromatic amines is 1. The molecule has 1 saturated heterocycles. The molecule has 31 heavy (non-hydrogen) atoms. The van der Waals surface area contributed by atoms with Gasteiger partial charge in [-0.2, -0.15) is 5.10 Å². The van der Waals surface area contributed by atoms with Crippen molar-refractivity contribution in [2.24, 2.45) is 0 Å². The number of hydrogen-bond donors (Lipinski definition) is 1. The molecule has 1 aromatic carbocycles. The Kier molecular flexibility index (Phi) is 5.13. The van der Waals surface area contributed by atoms with Crippen molar-refractivity contribution in [3.8, 4) is 11.4 Å². The molecule has 1 aliphatic rings. The van der Waals surface area contributed by atoms with Gasteiger partial charge in [0.2, 0.25) is 10.0 Å². The zero-order chi connectivity index (χ0) is 21.6. The molecule has 9 nitrogen and oxygen atoms in total. The van der Waals surface area contributed by atoms with Gasteiger partial charge < -0.3 is 9.64 Å². The van der Waals surface area contributed by atoms with Crippen LogP contribution in [0.5, 0.6) is 0 Å². The zero-order valence-corrected chi connectivity index (χ0v) is 18.8. The Hall–Kier alpha value is -2.60. The van der Waals surface area contributed by atoms with Crippen LogP contribution in [0, 0.1) is 0 Å². The first kappa shape index (κ1) is 20.3. The van der Waals surface area contributed by atoms with E-state index < -0.39 is 10.0 Å². The maximum absolute atomic E-state index is 11.9. The first-order valence-corrected chi connectivity index (χ1v) is 12.5. The van der Waals surface area contributed by atoms with Gasteiger partial charge in [-0.1, -0.05) is 12.1 Å². The van der Waals surface area contributed by atoms with Crippen molar-refractivity contribution in [1.29, 1.82) is 0 Å². The van der Waals surface area contributed by atoms with Crippen molar-refractivity contribution in [2.45, 2.75) is 6.54 Å². The molecule has 0 aliphatic carbocycles. The Morgan fingerprint density at radius 3 is 2.84 bits per heavy atom. The van der Waals surface area contributed by atoms with Crippen LogP contribution in [0.4, 0.5) is 5.82 Å². The molecule has 3 aromatic heterocycles. The highest BCUT2D eigenvalue weighted by Gasteiger charge is 2.22. The molecule has 0 amide bonds. The quantitative estimate of drug-likeness (QED) is 0.490. The highest BCUT2D eigenvalue weighted by Crippen LogP contribution is 2.36. The zero-order valence-electron chi connectivity index (χ0n) is 17.2. The van der Waals surface area contributed by atoms with Crippen LogP contribution in [0.3, 0.4) is 0 Å². The van der Waals surface area contributed by atoms with Crippen LogP contribution in [0.15, 0.2) is 30.5 Å². The third kappa shape index (κ3) is 3.89. The van der Waals surface area contributed by atoms with Gasteiger partial charge in [-0.15, -0.1) is 11.3 Å². The van der Waals surface area contributed by atoms with Crippen molar-refractivity contribution < 1.29 is 13.2 Å². The molecule has 11 heteroatoms. The third-order valence-corrected chi connectivity index (χ3v) is 7.75. The molecule has 4 heterocycles. The van der Waals surface area contributed by atoms with Crippen molar-refractivity contribution in [1.82, 2.24) is 24.5 Å². The standard InChI is InChI=1S/C20H22N6O3S2/c1-25(31(2,27)28)12-13-10-17-18(30-13)20(26-6-8-29-9-7-26)23-19(22-17)14-4-3-5-16-15(14)11-21-24-16/h3-5,10-11H,6-9,12H2,1-2H3,(H,21,24). The van der Waals surface area contributed by atoms with Crippen LogP contribution in [0.25, 0.3) is 32.5 Å². The summed E-state index contributed by atoms with van der Waals surface area (Å²) in [6.45, 7) is 3.09. The smallest absolute Gasteiger partial charge is 0.211 e. The number of benzene rings is 1. The second-order valence-electron chi connectivity index (χ2n) is 7.55. The molecule has 1 fully saturated rings. The average molecular weight is 459 g/mol. The summed E-state index contributed by atoms with van der Waals surface area (Å²) in [6.07, 6.45) is 3.00. The Labute approximate surface area is 183 Å². The van der Waals surface area contributed by atoms with Gasteiger partial charge in [-0.05, 0) is 12.1 Å². The first-order chi connectivity index (χ1) is 14.9. The number of ether oxygens (including phenoxy) is 1. The van der Waals surface area contributed by atoms with Crippen LogP contribution < -0.4 is 4.90 Å². The molecule has 1 N–H and O–H groups in total. The van der Waals surface area contributed by atoms with Gasteiger partial charge in [0.25, 0.3) is 0 Å². The number of aromatic nitrogens is 4. The third-order valence-electron chi connectivity index (χ3n) is 5.39. The van der Waals surface area contributed by atoms with Gasteiger partial charge >= 0.3 is 0 Å². The number of H-pyrrole nitrogens is 1. The summed E-state index contributed by atoms with van der Waals surface area (Å²) in [7, 11) is -1.69. The minimum atomic E-state index is -3.27. The van der Waals surface area contributed by atoms with E-state index in [-0.39, 0.29) is 0 Å². The molecule has 0 unspecified atom stereocenters. The second-order valence-corrected chi connectivity index (χ2v) is 10.8. The highest BCUT2D eigenvalue weighted by molar-refractivity contribution is 7.88. The Morgan fingerprint density at radius 2 is 2.06 bits per heavy atom. The van der Waals surface area contributed by atoms with E-state index in [1.165, 1.54) is 21.9 Å². The molecule has 5 rings (SSSR count). The monoisotopic (exact) mass is 458 g/mol. The summed E-state index contributed by atoms with van der Waals surface area (Å²) < 4.78 is 31.6. The van der Waals surface area contributed by atoms with Crippen LogP contribution in [-0.2, 0) is 21.3 Å². The largest absolute Gasteiger partial charge is 0.378 e. The van der Waals surface area contributed by atoms with Crippen LogP contribution in [0.1, 0.15) is 4.88 Å². The number of nitrogens with one attached hydrogen (secondary N) is 1. The lowest BCUT2D eigenvalue weighted by Crippen LogP contribution is -2.36. The minimum absolute atomic E-state index is 0.301. The van der Waals surface area contributed by atoms with Crippen molar-refractivity contribution >= 4 is 48.3 Å². The molecule has 0 radical (unpaired) electrons. The summed E-state index contributed by atoms with van der Waals surface area (Å²) in [4.78, 5) is 13.0. The normalized spacial score (nSPS) is 15.4. The van der Waals surface area contributed by atoms with Crippen LogP contribution in [-0.4, -0.2) is 72.5 Å². The fourth-order valence-electron chi connectivity index (χ4n) is 3.65. The van der Waals surface area contributed by atoms with Gasteiger partial charge in [-0.3, -0.25) is 5.10 Å². The van der Waals surface area contributed by atoms with Gasteiger partial charge in [0, 0.05) is 42.5 Å². The number of fused-ring (bicyclic) bond motifs is 2. The van der Waals surface area contributed by atoms with E-state index in [9.17, 15) is 8.42 Å². The molecule has 0 saturated carbocycles. The molecule has 4 aromatic rings. The van der Waals surface area contributed by atoms with E-state index in [4.69, 9.17) is 14.7 Å². The number of nitrogens with zero attached hydrogens (tertiary/aromatic N) is 5. The Bertz CT molecular complexity index is 1360. The van der Waals surface area contributed by atoms with E-state index in [1.54, 1.807) is 13.2 Å². The molecule has 1 aliphatic heterocycles. The lowest BCUT2D eigenvalue weighted by molar-refractivity contribution is 0.122. The number of thiophene rings is 1. The molecular formula is C20H22N6O3S2. The highest BCUT2D eigenvalue weighted by atomic mass is 32.2. The fraction of sp³-hybridized carbons (Fsp3) is 0.350. The second kappa shape index (κ2) is 7.83. The predicted octanol–water partition coefficient (Wildman–Crippen LogP) is 2.46. The molecule has 0 atom stereocenters. The van der Waals surface area contributed by atoms with E-state index >= 15 is 0 Å².